The lowest BCUT2D eigenvalue weighted by molar-refractivity contribution is 0.126. The Morgan fingerprint density at radius 1 is 1.25 bits per heavy atom. The molecule has 0 aromatic heterocycles. The summed E-state index contributed by atoms with van der Waals surface area (Å²) in [7, 11) is 0. The monoisotopic (exact) mass is 276 g/mol. The standard InChI is InChI=1S/C16H21FN2O/c1-12-4-3-5-13(2)19(12)16(20)18-11-10-14-6-8-15(17)9-7-14/h6-13H,3-5H2,1-2H3,(H,18,20)/b11-10+. The Kier molecular flexibility index (Phi) is 4.77. The zero-order chi connectivity index (χ0) is 14.5. The molecule has 2 atom stereocenters. The lowest BCUT2D eigenvalue weighted by Crippen LogP contribution is -2.50. The normalized spacial score (nSPS) is 23.1. The van der Waals surface area contributed by atoms with E-state index in [4.69, 9.17) is 0 Å². The molecule has 1 aromatic carbocycles. The number of halogens is 1. The summed E-state index contributed by atoms with van der Waals surface area (Å²) in [6.07, 6.45) is 6.66. The zero-order valence-electron chi connectivity index (χ0n) is 12.0. The van der Waals surface area contributed by atoms with Crippen LogP contribution in [0.1, 0.15) is 38.7 Å². The van der Waals surface area contributed by atoms with Crippen molar-refractivity contribution in [1.29, 1.82) is 0 Å². The van der Waals surface area contributed by atoms with Crippen LogP contribution in [0.5, 0.6) is 0 Å². The van der Waals surface area contributed by atoms with E-state index in [1.165, 1.54) is 18.6 Å². The number of amides is 2. The van der Waals surface area contributed by atoms with Crippen LogP contribution in [0.4, 0.5) is 9.18 Å². The lowest BCUT2D eigenvalue weighted by Gasteiger charge is -2.38. The van der Waals surface area contributed by atoms with E-state index in [0.29, 0.717) is 0 Å². The number of nitrogens with zero attached hydrogens (tertiary/aromatic N) is 1. The molecule has 0 bridgehead atoms. The van der Waals surface area contributed by atoms with Crippen LogP contribution in [0.15, 0.2) is 30.5 Å². The molecule has 1 N–H and O–H groups in total. The molecule has 2 rings (SSSR count). The second kappa shape index (κ2) is 6.55. The quantitative estimate of drug-likeness (QED) is 0.876. The average molecular weight is 276 g/mol. The summed E-state index contributed by atoms with van der Waals surface area (Å²) < 4.78 is 12.8. The zero-order valence-corrected chi connectivity index (χ0v) is 12.0. The van der Waals surface area contributed by atoms with Crippen LogP contribution in [0.25, 0.3) is 6.08 Å². The number of carbonyl (C=O) groups excluding carboxylic acids is 1. The summed E-state index contributed by atoms with van der Waals surface area (Å²) in [5, 5.41) is 2.79. The van der Waals surface area contributed by atoms with Crippen molar-refractivity contribution in [2.24, 2.45) is 0 Å². The van der Waals surface area contributed by atoms with E-state index in [-0.39, 0.29) is 23.9 Å². The van der Waals surface area contributed by atoms with Crippen LogP contribution in [0.2, 0.25) is 0 Å². The maximum absolute atomic E-state index is 12.8. The molecule has 4 heteroatoms. The van der Waals surface area contributed by atoms with E-state index in [1.807, 2.05) is 4.90 Å². The predicted molar refractivity (Wildman–Crippen MR) is 78.6 cm³/mol. The molecule has 1 aromatic rings. The number of urea groups is 1. The number of piperidine rings is 1. The highest BCUT2D eigenvalue weighted by Crippen LogP contribution is 2.22. The van der Waals surface area contributed by atoms with Gasteiger partial charge in [0.25, 0.3) is 0 Å². The molecular formula is C16H21FN2O. The third kappa shape index (κ3) is 3.59. The molecular weight excluding hydrogens is 255 g/mol. The van der Waals surface area contributed by atoms with Crippen LogP contribution in [-0.4, -0.2) is 23.0 Å². The highest BCUT2D eigenvalue weighted by atomic mass is 19.1. The summed E-state index contributed by atoms with van der Waals surface area (Å²) in [6, 6.07) is 6.62. The van der Waals surface area contributed by atoms with Crippen LogP contribution >= 0.6 is 0 Å². The maximum Gasteiger partial charge on any atom is 0.321 e. The second-order valence-electron chi connectivity index (χ2n) is 5.37. The number of likely N-dealkylation sites (tertiary alicyclic amines) is 1. The van der Waals surface area contributed by atoms with Crippen molar-refractivity contribution >= 4 is 12.1 Å². The Labute approximate surface area is 119 Å². The van der Waals surface area contributed by atoms with Gasteiger partial charge in [0.05, 0.1) is 0 Å². The largest absolute Gasteiger partial charge is 0.321 e. The molecule has 1 aliphatic heterocycles. The lowest BCUT2D eigenvalue weighted by atomic mass is 9.98. The van der Waals surface area contributed by atoms with Gasteiger partial charge in [0.15, 0.2) is 0 Å². The number of hydrogen-bond donors (Lipinski definition) is 1. The molecule has 0 radical (unpaired) electrons. The minimum absolute atomic E-state index is 0.0666. The Hall–Kier alpha value is -1.84. The van der Waals surface area contributed by atoms with Crippen molar-refractivity contribution in [3.8, 4) is 0 Å². The highest BCUT2D eigenvalue weighted by molar-refractivity contribution is 5.77. The molecule has 0 aliphatic carbocycles. The molecule has 0 spiro atoms. The van der Waals surface area contributed by atoms with Crippen molar-refractivity contribution in [2.75, 3.05) is 0 Å². The second-order valence-corrected chi connectivity index (χ2v) is 5.37. The van der Waals surface area contributed by atoms with E-state index < -0.39 is 0 Å². The molecule has 2 amide bonds. The van der Waals surface area contributed by atoms with Crippen molar-refractivity contribution in [3.05, 3.63) is 41.8 Å². The van der Waals surface area contributed by atoms with Crippen LogP contribution in [-0.2, 0) is 0 Å². The summed E-state index contributed by atoms with van der Waals surface area (Å²) in [4.78, 5) is 14.1. The number of carbonyl (C=O) groups is 1. The Balaban J connectivity index is 1.92. The fourth-order valence-corrected chi connectivity index (χ4v) is 2.68. The first kappa shape index (κ1) is 14.6. The van der Waals surface area contributed by atoms with Gasteiger partial charge < -0.3 is 10.2 Å². The molecule has 0 saturated carbocycles. The SMILES string of the molecule is CC1CCCC(C)N1C(=O)N/C=C/c1ccc(F)cc1. The van der Waals surface area contributed by atoms with Gasteiger partial charge in [0.1, 0.15) is 5.82 Å². The Bertz CT molecular complexity index is 474. The first-order valence-corrected chi connectivity index (χ1v) is 7.09. The minimum Gasteiger partial charge on any atom is -0.319 e. The molecule has 1 saturated heterocycles. The fraction of sp³-hybridized carbons (Fsp3) is 0.438. The van der Waals surface area contributed by atoms with Gasteiger partial charge in [0.2, 0.25) is 0 Å². The van der Waals surface area contributed by atoms with E-state index >= 15 is 0 Å². The minimum atomic E-state index is -0.262. The van der Waals surface area contributed by atoms with E-state index in [2.05, 4.69) is 19.2 Å². The Morgan fingerprint density at radius 3 is 2.45 bits per heavy atom. The molecule has 1 heterocycles. The van der Waals surface area contributed by atoms with Gasteiger partial charge in [-0.25, -0.2) is 9.18 Å². The summed E-state index contributed by atoms with van der Waals surface area (Å²) in [6.45, 7) is 4.16. The van der Waals surface area contributed by atoms with Gasteiger partial charge in [-0.15, -0.1) is 0 Å². The first-order chi connectivity index (χ1) is 9.58. The molecule has 2 unspecified atom stereocenters. The van der Waals surface area contributed by atoms with Gasteiger partial charge in [0, 0.05) is 18.3 Å². The fourth-order valence-electron chi connectivity index (χ4n) is 2.68. The molecule has 1 fully saturated rings. The van der Waals surface area contributed by atoms with Gasteiger partial charge in [-0.2, -0.15) is 0 Å². The molecule has 108 valence electrons. The molecule has 3 nitrogen and oxygen atoms in total. The number of rotatable bonds is 2. The number of nitrogens with one attached hydrogen (secondary N) is 1. The van der Waals surface area contributed by atoms with Crippen LogP contribution in [0, 0.1) is 5.82 Å². The number of benzene rings is 1. The van der Waals surface area contributed by atoms with Crippen molar-refractivity contribution < 1.29 is 9.18 Å². The topological polar surface area (TPSA) is 32.3 Å². The molecule has 20 heavy (non-hydrogen) atoms. The van der Waals surface area contributed by atoms with Crippen LogP contribution < -0.4 is 5.32 Å². The van der Waals surface area contributed by atoms with E-state index in [9.17, 15) is 9.18 Å². The summed E-state index contributed by atoms with van der Waals surface area (Å²) in [5.74, 6) is -0.262. The van der Waals surface area contributed by atoms with Crippen molar-refractivity contribution in [2.45, 2.75) is 45.2 Å². The van der Waals surface area contributed by atoms with Gasteiger partial charge >= 0.3 is 6.03 Å². The van der Waals surface area contributed by atoms with Gasteiger partial charge in [-0.3, -0.25) is 0 Å². The van der Waals surface area contributed by atoms with Crippen LogP contribution in [0.3, 0.4) is 0 Å². The van der Waals surface area contributed by atoms with E-state index in [1.54, 1.807) is 24.4 Å². The van der Waals surface area contributed by atoms with Gasteiger partial charge in [-0.1, -0.05) is 12.1 Å². The van der Waals surface area contributed by atoms with Crippen molar-refractivity contribution in [3.63, 3.8) is 0 Å². The van der Waals surface area contributed by atoms with Gasteiger partial charge in [-0.05, 0) is 56.9 Å². The van der Waals surface area contributed by atoms with Crippen molar-refractivity contribution in [1.82, 2.24) is 10.2 Å². The number of hydrogen-bond acceptors (Lipinski definition) is 1. The highest BCUT2D eigenvalue weighted by Gasteiger charge is 2.28. The first-order valence-electron chi connectivity index (χ1n) is 7.09. The smallest absolute Gasteiger partial charge is 0.319 e. The predicted octanol–water partition coefficient (Wildman–Crippen LogP) is 3.77. The van der Waals surface area contributed by atoms with E-state index in [0.717, 1.165) is 18.4 Å². The Morgan fingerprint density at radius 2 is 1.85 bits per heavy atom. The average Bonchev–Trinajstić information content (AvgIpc) is 2.41. The third-order valence-electron chi connectivity index (χ3n) is 3.78. The summed E-state index contributed by atoms with van der Waals surface area (Å²) in [5.41, 5.74) is 0.853. The third-order valence-corrected chi connectivity index (χ3v) is 3.78. The molecule has 1 aliphatic rings. The summed E-state index contributed by atoms with van der Waals surface area (Å²) >= 11 is 0. The maximum atomic E-state index is 12.8.